The average Bonchev–Trinajstić information content (AvgIpc) is 2.87. The van der Waals surface area contributed by atoms with Gasteiger partial charge in [-0.05, 0) is 6.42 Å². The number of hydrogen-bond acceptors (Lipinski definition) is 4. The fraction of sp³-hybridized carbons (Fsp3) is 0.300. The Morgan fingerprint density at radius 3 is 2.25 bits per heavy atom. The van der Waals surface area contributed by atoms with E-state index in [9.17, 15) is 15.0 Å². The second-order valence-electron chi connectivity index (χ2n) is 3.93. The summed E-state index contributed by atoms with van der Waals surface area (Å²) in [7, 11) is 0. The Bertz CT molecular complexity index is 484. The Hall–Kier alpha value is -1.62. The number of rotatable bonds is 1. The number of hydrogen-bond donors (Lipinski definition) is 2. The number of carbonyl (C=O) groups excluding carboxylic acids is 1. The van der Waals surface area contributed by atoms with Gasteiger partial charge in [0.15, 0.2) is 0 Å². The molecule has 2 N–H and O–H groups in total. The largest absolute Gasteiger partial charge is 0.492 e. The summed E-state index contributed by atoms with van der Waals surface area (Å²) >= 11 is 5.05. The monoisotopic (exact) mass is 241 g/mol. The Morgan fingerprint density at radius 1 is 1.31 bits per heavy atom. The molecular weight excluding hydrogens is 234 g/mol. The molecule has 84 valence electrons. The second-order valence-corrected chi connectivity index (χ2v) is 4.24. The van der Waals surface area contributed by atoms with E-state index in [4.69, 9.17) is 11.6 Å². The first-order valence-corrected chi connectivity index (χ1v) is 5.20. The maximum Gasteiger partial charge on any atom is 0.428 e. The van der Waals surface area contributed by atoms with Gasteiger partial charge in [0.05, 0.1) is 0 Å². The maximum atomic E-state index is 10.6. The second kappa shape index (κ2) is 2.95. The number of aromatic hydroxyl groups is 2. The van der Waals surface area contributed by atoms with Gasteiger partial charge >= 0.3 is 5.43 Å². The summed E-state index contributed by atoms with van der Waals surface area (Å²) < 4.78 is 0.673. The van der Waals surface area contributed by atoms with Crippen LogP contribution in [0.2, 0.25) is 0 Å². The van der Waals surface area contributed by atoms with Gasteiger partial charge in [-0.1, -0.05) is 12.2 Å². The van der Waals surface area contributed by atoms with Crippen LogP contribution in [0.25, 0.3) is 0 Å². The predicted molar refractivity (Wildman–Crippen MR) is 54.8 cm³/mol. The highest BCUT2D eigenvalue weighted by atomic mass is 35.5. The SMILES string of the molecule is O=C(Cl)On1c(O)c2c(c1O)C1C=CC2C1. The van der Waals surface area contributed by atoms with Crippen LogP contribution in [0.5, 0.6) is 11.8 Å². The van der Waals surface area contributed by atoms with Crippen molar-refractivity contribution in [2.24, 2.45) is 0 Å². The number of aromatic nitrogens is 1. The molecule has 2 aliphatic rings. The quantitative estimate of drug-likeness (QED) is 0.581. The van der Waals surface area contributed by atoms with Crippen LogP contribution in [-0.4, -0.2) is 20.4 Å². The predicted octanol–water partition coefficient (Wildman–Crippen LogP) is 1.83. The highest BCUT2D eigenvalue weighted by Crippen LogP contribution is 2.56. The van der Waals surface area contributed by atoms with E-state index in [-0.39, 0.29) is 23.6 Å². The van der Waals surface area contributed by atoms with Crippen LogP contribution in [0.3, 0.4) is 0 Å². The zero-order valence-electron chi connectivity index (χ0n) is 8.05. The number of halogens is 1. The summed E-state index contributed by atoms with van der Waals surface area (Å²) in [6, 6.07) is 0. The lowest BCUT2D eigenvalue weighted by atomic mass is 10.0. The summed E-state index contributed by atoms with van der Waals surface area (Å²) in [5.74, 6) is -0.334. The van der Waals surface area contributed by atoms with Gasteiger partial charge < -0.3 is 15.1 Å². The Morgan fingerprint density at radius 2 is 1.81 bits per heavy atom. The van der Waals surface area contributed by atoms with Gasteiger partial charge in [0.2, 0.25) is 11.8 Å². The number of nitrogens with zero attached hydrogens (tertiary/aromatic N) is 1. The molecule has 16 heavy (non-hydrogen) atoms. The van der Waals surface area contributed by atoms with Gasteiger partial charge in [0.25, 0.3) is 0 Å². The van der Waals surface area contributed by atoms with Crippen molar-refractivity contribution in [2.75, 3.05) is 0 Å². The molecule has 0 spiro atoms. The molecule has 0 aliphatic heterocycles. The van der Waals surface area contributed by atoms with Crippen LogP contribution in [0.15, 0.2) is 12.2 Å². The molecule has 2 unspecified atom stereocenters. The first-order valence-electron chi connectivity index (χ1n) is 4.82. The zero-order valence-corrected chi connectivity index (χ0v) is 8.81. The smallest absolute Gasteiger partial charge is 0.428 e. The molecule has 1 aromatic heterocycles. The van der Waals surface area contributed by atoms with Crippen LogP contribution in [-0.2, 0) is 0 Å². The van der Waals surface area contributed by atoms with Crippen molar-refractivity contribution in [3.63, 3.8) is 0 Å². The molecule has 1 heterocycles. The number of fused-ring (bicyclic) bond motifs is 5. The van der Waals surface area contributed by atoms with Crippen molar-refractivity contribution in [1.29, 1.82) is 0 Å². The van der Waals surface area contributed by atoms with Crippen molar-refractivity contribution in [2.45, 2.75) is 18.3 Å². The van der Waals surface area contributed by atoms with Crippen molar-refractivity contribution < 1.29 is 19.8 Å². The lowest BCUT2D eigenvalue weighted by molar-refractivity contribution is 0.128. The minimum Gasteiger partial charge on any atom is -0.492 e. The van der Waals surface area contributed by atoms with Crippen LogP contribution >= 0.6 is 11.6 Å². The van der Waals surface area contributed by atoms with Crippen molar-refractivity contribution in [3.05, 3.63) is 23.3 Å². The number of carbonyl (C=O) groups is 1. The Balaban J connectivity index is 2.15. The Labute approximate surface area is 95.5 Å². The minimum atomic E-state index is -1.11. The fourth-order valence-corrected chi connectivity index (χ4v) is 2.65. The highest BCUT2D eigenvalue weighted by molar-refractivity contribution is 6.61. The molecule has 1 aromatic rings. The third kappa shape index (κ3) is 1.03. The van der Waals surface area contributed by atoms with Gasteiger partial charge in [0, 0.05) is 34.6 Å². The van der Waals surface area contributed by atoms with E-state index in [2.05, 4.69) is 4.84 Å². The van der Waals surface area contributed by atoms with Crippen molar-refractivity contribution in [3.8, 4) is 11.8 Å². The summed E-state index contributed by atoms with van der Waals surface area (Å²) in [4.78, 5) is 15.1. The molecule has 2 aliphatic carbocycles. The van der Waals surface area contributed by atoms with Crippen LogP contribution in [0.1, 0.15) is 29.4 Å². The zero-order chi connectivity index (χ0) is 11.4. The Kier molecular flexibility index (Phi) is 1.77. The van der Waals surface area contributed by atoms with Crippen LogP contribution < -0.4 is 4.84 Å². The lowest BCUT2D eigenvalue weighted by Crippen LogP contribution is -2.13. The standard InChI is InChI=1S/C10H8ClNO4/c11-10(15)16-12-8(13)6-4-1-2-5(3-4)7(6)9(12)14/h1-2,4-5,13-14H,3H2. The van der Waals surface area contributed by atoms with Gasteiger partial charge in [0.1, 0.15) is 0 Å². The minimum absolute atomic E-state index is 0.0844. The normalized spacial score (nSPS) is 24.8. The van der Waals surface area contributed by atoms with E-state index in [1.807, 2.05) is 12.2 Å². The molecule has 2 atom stereocenters. The van der Waals surface area contributed by atoms with Gasteiger partial charge in [-0.15, -0.1) is 4.73 Å². The lowest BCUT2D eigenvalue weighted by Gasteiger charge is -2.06. The van der Waals surface area contributed by atoms with Gasteiger partial charge in [-0.25, -0.2) is 4.79 Å². The molecule has 2 bridgehead atoms. The first-order chi connectivity index (χ1) is 7.59. The molecule has 0 fully saturated rings. The summed E-state index contributed by atoms with van der Waals surface area (Å²) in [6.45, 7) is 0. The van der Waals surface area contributed by atoms with Gasteiger partial charge in [-0.3, -0.25) is 0 Å². The molecule has 0 saturated carbocycles. The molecule has 0 aromatic carbocycles. The average molecular weight is 242 g/mol. The summed E-state index contributed by atoms with van der Waals surface area (Å²) in [5, 5.41) is 19.7. The molecule has 0 saturated heterocycles. The molecule has 6 heteroatoms. The highest BCUT2D eigenvalue weighted by Gasteiger charge is 2.41. The van der Waals surface area contributed by atoms with Crippen LogP contribution in [0.4, 0.5) is 4.79 Å². The van der Waals surface area contributed by atoms with E-state index in [1.54, 1.807) is 0 Å². The van der Waals surface area contributed by atoms with Crippen molar-refractivity contribution in [1.82, 2.24) is 4.73 Å². The summed E-state index contributed by atoms with van der Waals surface area (Å²) in [6.07, 6.45) is 4.79. The third-order valence-corrected chi connectivity index (χ3v) is 3.21. The topological polar surface area (TPSA) is 71.7 Å². The third-order valence-electron chi connectivity index (χ3n) is 3.14. The van der Waals surface area contributed by atoms with Crippen molar-refractivity contribution >= 4 is 17.0 Å². The molecule has 3 rings (SSSR count). The maximum absolute atomic E-state index is 10.6. The van der Waals surface area contributed by atoms with E-state index >= 15 is 0 Å². The molecular formula is C10H8ClNO4. The molecule has 5 nitrogen and oxygen atoms in total. The van der Waals surface area contributed by atoms with E-state index in [0.717, 1.165) is 6.42 Å². The van der Waals surface area contributed by atoms with E-state index < -0.39 is 5.43 Å². The van der Waals surface area contributed by atoms with Gasteiger partial charge in [-0.2, -0.15) is 0 Å². The first kappa shape index (κ1) is 9.59. The molecule has 0 radical (unpaired) electrons. The van der Waals surface area contributed by atoms with E-state index in [0.29, 0.717) is 15.9 Å². The summed E-state index contributed by atoms with van der Waals surface area (Å²) in [5.41, 5.74) is 0.144. The van der Waals surface area contributed by atoms with Crippen LogP contribution in [0, 0.1) is 0 Å². The number of allylic oxidation sites excluding steroid dienone is 2. The van der Waals surface area contributed by atoms with E-state index in [1.165, 1.54) is 0 Å². The fourth-order valence-electron chi connectivity index (χ4n) is 2.58. The molecule has 0 amide bonds.